The minimum atomic E-state index is -0.556. The van der Waals surface area contributed by atoms with Crippen LogP contribution in [-0.2, 0) is 17.7 Å². The average molecular weight is 299 g/mol. The van der Waals surface area contributed by atoms with Crippen LogP contribution in [0.25, 0.3) is 0 Å². The molecule has 108 valence electrons. The van der Waals surface area contributed by atoms with Crippen molar-refractivity contribution in [1.29, 1.82) is 0 Å². The number of hydrogen-bond donors (Lipinski definition) is 1. The van der Waals surface area contributed by atoms with Gasteiger partial charge in [0.1, 0.15) is 21.6 Å². The van der Waals surface area contributed by atoms with E-state index in [2.05, 4.69) is 15.5 Å². The smallest absolute Gasteiger partial charge is 0.131 e. The molecule has 0 saturated carbocycles. The van der Waals surface area contributed by atoms with Crippen LogP contribution in [0.15, 0.2) is 18.2 Å². The van der Waals surface area contributed by atoms with Crippen LogP contribution in [-0.4, -0.2) is 30.5 Å². The van der Waals surface area contributed by atoms with Crippen LogP contribution in [0.3, 0.4) is 0 Å². The van der Waals surface area contributed by atoms with Crippen LogP contribution in [0.2, 0.25) is 0 Å². The first-order valence-electron chi connectivity index (χ1n) is 6.14. The second kappa shape index (κ2) is 7.37. The fourth-order valence-corrected chi connectivity index (χ4v) is 2.48. The predicted octanol–water partition coefficient (Wildman–Crippen LogP) is 2.14. The van der Waals surface area contributed by atoms with E-state index in [9.17, 15) is 8.78 Å². The molecule has 1 heterocycles. The Kier molecular flexibility index (Phi) is 5.51. The Labute approximate surface area is 119 Å². The number of nitrogens with zero attached hydrogens (tertiary/aromatic N) is 2. The number of methoxy groups -OCH3 is 1. The maximum absolute atomic E-state index is 13.5. The van der Waals surface area contributed by atoms with Crippen LogP contribution in [0, 0.1) is 11.6 Å². The van der Waals surface area contributed by atoms with Crippen LogP contribution >= 0.6 is 11.3 Å². The van der Waals surface area contributed by atoms with Gasteiger partial charge >= 0.3 is 0 Å². The molecular formula is C13H15F2N3OS. The molecule has 2 rings (SSSR count). The average Bonchev–Trinajstić information content (AvgIpc) is 2.87. The summed E-state index contributed by atoms with van der Waals surface area (Å²) >= 11 is 1.34. The van der Waals surface area contributed by atoms with Crippen molar-refractivity contribution in [2.45, 2.75) is 13.0 Å². The van der Waals surface area contributed by atoms with Gasteiger partial charge in [-0.05, 0) is 12.1 Å². The van der Waals surface area contributed by atoms with E-state index in [1.165, 1.54) is 29.5 Å². The SMILES string of the molecule is COCCNCc1nnc(Cc2c(F)cccc2F)s1. The van der Waals surface area contributed by atoms with Gasteiger partial charge in [0.25, 0.3) is 0 Å². The third-order valence-corrected chi connectivity index (χ3v) is 3.58. The summed E-state index contributed by atoms with van der Waals surface area (Å²) < 4.78 is 32.0. The van der Waals surface area contributed by atoms with Gasteiger partial charge in [0.05, 0.1) is 6.61 Å². The molecule has 0 spiro atoms. The van der Waals surface area contributed by atoms with Crippen LogP contribution in [0.4, 0.5) is 8.78 Å². The number of hydrogen-bond acceptors (Lipinski definition) is 5. The molecule has 0 unspecified atom stereocenters. The van der Waals surface area contributed by atoms with Gasteiger partial charge in [0.2, 0.25) is 0 Å². The monoisotopic (exact) mass is 299 g/mol. The van der Waals surface area contributed by atoms with E-state index in [-0.39, 0.29) is 12.0 Å². The Morgan fingerprint density at radius 3 is 2.60 bits per heavy atom. The van der Waals surface area contributed by atoms with Gasteiger partial charge in [0.15, 0.2) is 0 Å². The van der Waals surface area contributed by atoms with Crippen molar-refractivity contribution in [3.63, 3.8) is 0 Å². The second-order valence-electron chi connectivity index (χ2n) is 4.14. The van der Waals surface area contributed by atoms with Gasteiger partial charge in [-0.25, -0.2) is 8.78 Å². The molecule has 0 bridgehead atoms. The normalized spacial score (nSPS) is 10.9. The van der Waals surface area contributed by atoms with Crippen molar-refractivity contribution in [2.75, 3.05) is 20.3 Å². The molecule has 20 heavy (non-hydrogen) atoms. The Morgan fingerprint density at radius 1 is 1.20 bits per heavy atom. The molecule has 0 aliphatic rings. The molecule has 0 aliphatic carbocycles. The zero-order chi connectivity index (χ0) is 14.4. The maximum atomic E-state index is 13.5. The number of halogens is 2. The lowest BCUT2D eigenvalue weighted by Crippen LogP contribution is -2.18. The zero-order valence-electron chi connectivity index (χ0n) is 11.0. The van der Waals surface area contributed by atoms with E-state index in [0.29, 0.717) is 24.7 Å². The second-order valence-corrected chi connectivity index (χ2v) is 5.28. The Bertz CT molecular complexity index is 542. The predicted molar refractivity (Wildman–Crippen MR) is 72.7 cm³/mol. The number of nitrogens with one attached hydrogen (secondary N) is 1. The van der Waals surface area contributed by atoms with Crippen molar-refractivity contribution in [2.24, 2.45) is 0 Å². The topological polar surface area (TPSA) is 47.0 Å². The number of aromatic nitrogens is 2. The summed E-state index contributed by atoms with van der Waals surface area (Å²) in [6, 6.07) is 3.83. The molecule has 0 amide bonds. The highest BCUT2D eigenvalue weighted by Crippen LogP contribution is 2.19. The third kappa shape index (κ3) is 4.03. The summed E-state index contributed by atoms with van der Waals surface area (Å²) in [5.74, 6) is -1.11. The van der Waals surface area contributed by atoms with Gasteiger partial charge in [-0.1, -0.05) is 17.4 Å². The van der Waals surface area contributed by atoms with Crippen LogP contribution < -0.4 is 5.32 Å². The molecule has 2 aromatic rings. The molecule has 0 radical (unpaired) electrons. The summed E-state index contributed by atoms with van der Waals surface area (Å²) in [5.41, 5.74) is 0.0301. The highest BCUT2D eigenvalue weighted by atomic mass is 32.1. The Balaban J connectivity index is 1.96. The Hall–Kier alpha value is -1.44. The summed E-state index contributed by atoms with van der Waals surface area (Å²) in [6.07, 6.45) is 0.119. The largest absolute Gasteiger partial charge is 0.383 e. The molecular weight excluding hydrogens is 284 g/mol. The summed E-state index contributed by atoms with van der Waals surface area (Å²) in [7, 11) is 1.63. The van der Waals surface area contributed by atoms with E-state index < -0.39 is 11.6 Å². The highest BCUT2D eigenvalue weighted by Gasteiger charge is 2.12. The van der Waals surface area contributed by atoms with Crippen molar-refractivity contribution >= 4 is 11.3 Å². The molecule has 4 nitrogen and oxygen atoms in total. The lowest BCUT2D eigenvalue weighted by Gasteiger charge is -2.01. The van der Waals surface area contributed by atoms with E-state index in [4.69, 9.17) is 4.74 Å². The molecule has 0 aliphatic heterocycles. The summed E-state index contributed by atoms with van der Waals surface area (Å²) in [6.45, 7) is 1.90. The van der Waals surface area contributed by atoms with E-state index in [1.54, 1.807) is 7.11 Å². The minimum Gasteiger partial charge on any atom is -0.383 e. The summed E-state index contributed by atoms with van der Waals surface area (Å²) in [5, 5.41) is 12.5. The molecule has 0 fully saturated rings. The van der Waals surface area contributed by atoms with Gasteiger partial charge in [-0.2, -0.15) is 0 Å². The number of rotatable bonds is 7. The quantitative estimate of drug-likeness (QED) is 0.796. The lowest BCUT2D eigenvalue weighted by atomic mass is 10.1. The zero-order valence-corrected chi connectivity index (χ0v) is 11.8. The van der Waals surface area contributed by atoms with Crippen molar-refractivity contribution in [3.05, 3.63) is 45.4 Å². The molecule has 0 saturated heterocycles. The van der Waals surface area contributed by atoms with Gasteiger partial charge in [-0.15, -0.1) is 10.2 Å². The molecule has 0 atom stereocenters. The fraction of sp³-hybridized carbons (Fsp3) is 0.385. The molecule has 1 aromatic carbocycles. The minimum absolute atomic E-state index is 0.0301. The van der Waals surface area contributed by atoms with Crippen LogP contribution in [0.1, 0.15) is 15.6 Å². The molecule has 1 N–H and O–H groups in total. The molecule has 7 heteroatoms. The van der Waals surface area contributed by atoms with Crippen molar-refractivity contribution in [3.8, 4) is 0 Å². The number of ether oxygens (including phenoxy) is 1. The molecule has 1 aromatic heterocycles. The Morgan fingerprint density at radius 2 is 1.90 bits per heavy atom. The first kappa shape index (κ1) is 15.0. The van der Waals surface area contributed by atoms with Gasteiger partial charge < -0.3 is 10.1 Å². The lowest BCUT2D eigenvalue weighted by molar-refractivity contribution is 0.199. The first-order chi connectivity index (χ1) is 9.70. The van der Waals surface area contributed by atoms with Crippen LogP contribution in [0.5, 0.6) is 0 Å². The van der Waals surface area contributed by atoms with E-state index in [1.807, 2.05) is 0 Å². The van der Waals surface area contributed by atoms with Gasteiger partial charge in [0, 0.05) is 32.2 Å². The van der Waals surface area contributed by atoms with Gasteiger partial charge in [-0.3, -0.25) is 0 Å². The fourth-order valence-electron chi connectivity index (χ4n) is 1.65. The number of benzene rings is 1. The van der Waals surface area contributed by atoms with Crippen molar-refractivity contribution < 1.29 is 13.5 Å². The van der Waals surface area contributed by atoms with E-state index >= 15 is 0 Å². The third-order valence-electron chi connectivity index (χ3n) is 2.66. The standard InChI is InChI=1S/C13H15F2N3OS/c1-19-6-5-16-8-13-18-17-12(20-13)7-9-10(14)3-2-4-11(9)15/h2-4,16H,5-8H2,1H3. The summed E-state index contributed by atoms with van der Waals surface area (Å²) in [4.78, 5) is 0. The maximum Gasteiger partial charge on any atom is 0.131 e. The van der Waals surface area contributed by atoms with Crippen molar-refractivity contribution in [1.82, 2.24) is 15.5 Å². The van der Waals surface area contributed by atoms with E-state index in [0.717, 1.165) is 5.01 Å². The highest BCUT2D eigenvalue weighted by molar-refractivity contribution is 7.11. The first-order valence-corrected chi connectivity index (χ1v) is 6.96.